The number of aromatic nitrogens is 2. The monoisotopic (exact) mass is 360 g/mol. The van der Waals surface area contributed by atoms with Gasteiger partial charge in [-0.1, -0.05) is 11.6 Å². The summed E-state index contributed by atoms with van der Waals surface area (Å²) in [5, 5.41) is 4.42. The maximum Gasteiger partial charge on any atom is 0.152 e. The summed E-state index contributed by atoms with van der Waals surface area (Å²) in [6.45, 7) is 1.51. The van der Waals surface area contributed by atoms with Crippen LogP contribution in [-0.2, 0) is 0 Å². The first kappa shape index (κ1) is 16.0. The molecule has 1 aliphatic heterocycles. The SMILES string of the molecule is Fc1cc(F)c2nccc(NC3CCN(c4ncccc4Cl)C3)c2c1. The largest absolute Gasteiger partial charge is 0.380 e. The van der Waals surface area contributed by atoms with Crippen LogP contribution in [0.4, 0.5) is 20.3 Å². The normalized spacial score (nSPS) is 17.2. The van der Waals surface area contributed by atoms with Gasteiger partial charge in [0.1, 0.15) is 17.2 Å². The first-order valence-corrected chi connectivity index (χ1v) is 8.35. The molecule has 1 aliphatic rings. The zero-order valence-corrected chi connectivity index (χ0v) is 14.0. The Morgan fingerprint density at radius 1 is 1.16 bits per heavy atom. The van der Waals surface area contributed by atoms with Gasteiger partial charge in [-0.3, -0.25) is 4.98 Å². The minimum absolute atomic E-state index is 0.120. The Morgan fingerprint density at radius 2 is 2.04 bits per heavy atom. The lowest BCUT2D eigenvalue weighted by atomic mass is 10.1. The molecule has 4 rings (SSSR count). The second-order valence-electron chi connectivity index (χ2n) is 6.03. The number of pyridine rings is 2. The molecule has 1 atom stereocenters. The molecule has 0 amide bonds. The Balaban J connectivity index is 1.58. The number of hydrogen-bond acceptors (Lipinski definition) is 4. The minimum atomic E-state index is -0.660. The smallest absolute Gasteiger partial charge is 0.152 e. The summed E-state index contributed by atoms with van der Waals surface area (Å²) in [6, 6.07) is 7.61. The highest BCUT2D eigenvalue weighted by Crippen LogP contribution is 2.29. The summed E-state index contributed by atoms with van der Waals surface area (Å²) in [5.41, 5.74) is 0.830. The van der Waals surface area contributed by atoms with E-state index in [4.69, 9.17) is 11.6 Å². The lowest BCUT2D eigenvalue weighted by Gasteiger charge is -2.20. The first-order chi connectivity index (χ1) is 12.1. The van der Waals surface area contributed by atoms with Crippen LogP contribution in [0.15, 0.2) is 42.7 Å². The van der Waals surface area contributed by atoms with Gasteiger partial charge in [-0.15, -0.1) is 0 Å². The highest BCUT2D eigenvalue weighted by molar-refractivity contribution is 6.32. The van der Waals surface area contributed by atoms with E-state index in [1.165, 1.54) is 12.3 Å². The quantitative estimate of drug-likeness (QED) is 0.758. The van der Waals surface area contributed by atoms with Gasteiger partial charge < -0.3 is 10.2 Å². The molecule has 1 aromatic carbocycles. The van der Waals surface area contributed by atoms with E-state index in [2.05, 4.69) is 20.2 Å². The summed E-state index contributed by atoms with van der Waals surface area (Å²) in [6.07, 6.45) is 4.10. The van der Waals surface area contributed by atoms with E-state index < -0.39 is 11.6 Å². The van der Waals surface area contributed by atoms with Crippen LogP contribution in [0.25, 0.3) is 10.9 Å². The van der Waals surface area contributed by atoms with Crippen molar-refractivity contribution in [3.8, 4) is 0 Å². The van der Waals surface area contributed by atoms with Crippen LogP contribution in [0.3, 0.4) is 0 Å². The number of fused-ring (bicyclic) bond motifs is 1. The van der Waals surface area contributed by atoms with Crippen molar-refractivity contribution < 1.29 is 8.78 Å². The zero-order valence-electron chi connectivity index (χ0n) is 13.2. The Labute approximate surface area is 148 Å². The highest BCUT2D eigenvalue weighted by Gasteiger charge is 2.25. The molecule has 1 saturated heterocycles. The molecule has 128 valence electrons. The second kappa shape index (κ2) is 6.44. The van der Waals surface area contributed by atoms with Crippen molar-refractivity contribution in [2.24, 2.45) is 0 Å². The van der Waals surface area contributed by atoms with E-state index >= 15 is 0 Å². The number of nitrogens with zero attached hydrogens (tertiary/aromatic N) is 3. The maximum absolute atomic E-state index is 13.9. The van der Waals surface area contributed by atoms with Gasteiger partial charge in [0.15, 0.2) is 5.82 Å². The van der Waals surface area contributed by atoms with Crippen LogP contribution in [0.1, 0.15) is 6.42 Å². The predicted octanol–water partition coefficient (Wildman–Crippen LogP) is 4.25. The molecule has 3 heterocycles. The second-order valence-corrected chi connectivity index (χ2v) is 6.43. The fraction of sp³-hybridized carbons (Fsp3) is 0.222. The molecule has 0 bridgehead atoms. The van der Waals surface area contributed by atoms with E-state index in [0.29, 0.717) is 22.6 Å². The average Bonchev–Trinajstić information content (AvgIpc) is 3.04. The predicted molar refractivity (Wildman–Crippen MR) is 95.1 cm³/mol. The van der Waals surface area contributed by atoms with Gasteiger partial charge in [0.05, 0.1) is 5.02 Å². The topological polar surface area (TPSA) is 41.1 Å². The Hall–Kier alpha value is -2.47. The fourth-order valence-corrected chi connectivity index (χ4v) is 3.45. The fourth-order valence-electron chi connectivity index (χ4n) is 3.20. The third-order valence-corrected chi connectivity index (χ3v) is 4.64. The molecule has 4 nitrogen and oxygen atoms in total. The van der Waals surface area contributed by atoms with E-state index in [0.717, 1.165) is 24.8 Å². The van der Waals surface area contributed by atoms with E-state index in [9.17, 15) is 8.78 Å². The van der Waals surface area contributed by atoms with Gasteiger partial charge >= 0.3 is 0 Å². The molecule has 25 heavy (non-hydrogen) atoms. The highest BCUT2D eigenvalue weighted by atomic mass is 35.5. The van der Waals surface area contributed by atoms with Crippen molar-refractivity contribution in [1.29, 1.82) is 0 Å². The van der Waals surface area contributed by atoms with Gasteiger partial charge in [-0.2, -0.15) is 0 Å². The van der Waals surface area contributed by atoms with Crippen LogP contribution in [0.5, 0.6) is 0 Å². The molecule has 0 saturated carbocycles. The molecule has 1 unspecified atom stereocenters. The first-order valence-electron chi connectivity index (χ1n) is 7.97. The zero-order chi connectivity index (χ0) is 17.4. The summed E-state index contributed by atoms with van der Waals surface area (Å²) in [5.74, 6) is -0.522. The molecule has 1 fully saturated rings. The molecule has 3 aromatic rings. The molecule has 7 heteroatoms. The van der Waals surface area contributed by atoms with Gasteiger partial charge in [0, 0.05) is 48.7 Å². The van der Waals surface area contributed by atoms with Gasteiger partial charge in [-0.25, -0.2) is 13.8 Å². The molecular formula is C18H15ClF2N4. The number of benzene rings is 1. The number of nitrogens with one attached hydrogen (secondary N) is 1. The van der Waals surface area contributed by atoms with Gasteiger partial charge in [-0.05, 0) is 30.7 Å². The van der Waals surface area contributed by atoms with Crippen LogP contribution >= 0.6 is 11.6 Å². The summed E-state index contributed by atoms with van der Waals surface area (Å²) < 4.78 is 27.5. The number of hydrogen-bond donors (Lipinski definition) is 1. The third-order valence-electron chi connectivity index (χ3n) is 4.35. The lowest BCUT2D eigenvalue weighted by molar-refractivity contribution is 0.590. The third kappa shape index (κ3) is 3.09. The van der Waals surface area contributed by atoms with Crippen molar-refractivity contribution in [3.05, 3.63) is 59.4 Å². The van der Waals surface area contributed by atoms with E-state index in [1.807, 2.05) is 6.07 Å². The van der Waals surface area contributed by atoms with Crippen LogP contribution in [-0.4, -0.2) is 29.1 Å². The van der Waals surface area contributed by atoms with E-state index in [-0.39, 0.29) is 11.6 Å². The molecule has 1 N–H and O–H groups in total. The summed E-state index contributed by atoms with van der Waals surface area (Å²) in [4.78, 5) is 10.4. The number of halogens is 3. The summed E-state index contributed by atoms with van der Waals surface area (Å²) in [7, 11) is 0. The van der Waals surface area contributed by atoms with Crippen LogP contribution < -0.4 is 10.2 Å². The Morgan fingerprint density at radius 3 is 2.88 bits per heavy atom. The maximum atomic E-state index is 13.9. The van der Waals surface area contributed by atoms with Crippen molar-refractivity contribution in [3.63, 3.8) is 0 Å². The average molecular weight is 361 g/mol. The van der Waals surface area contributed by atoms with Crippen LogP contribution in [0, 0.1) is 11.6 Å². The standard InChI is InChI=1S/C18H15ClF2N4/c19-14-2-1-5-23-18(14)25-7-4-12(10-25)24-16-3-6-22-17-13(16)8-11(20)9-15(17)21/h1-3,5-6,8-9,12H,4,7,10H2,(H,22,24). The Bertz CT molecular complexity index is 934. The Kier molecular flexibility index (Phi) is 4.13. The molecule has 0 radical (unpaired) electrons. The number of rotatable bonds is 3. The van der Waals surface area contributed by atoms with Gasteiger partial charge in [0.25, 0.3) is 0 Å². The van der Waals surface area contributed by atoms with E-state index in [1.54, 1.807) is 18.3 Å². The molecular weight excluding hydrogens is 346 g/mol. The molecule has 0 spiro atoms. The number of anilines is 2. The van der Waals surface area contributed by atoms with Crippen molar-refractivity contribution >= 4 is 34.0 Å². The van der Waals surface area contributed by atoms with Gasteiger partial charge in [0.2, 0.25) is 0 Å². The molecule has 0 aliphatic carbocycles. The van der Waals surface area contributed by atoms with Crippen molar-refractivity contribution in [2.45, 2.75) is 12.5 Å². The minimum Gasteiger partial charge on any atom is -0.380 e. The summed E-state index contributed by atoms with van der Waals surface area (Å²) >= 11 is 6.21. The van der Waals surface area contributed by atoms with Crippen molar-refractivity contribution in [1.82, 2.24) is 9.97 Å². The lowest BCUT2D eigenvalue weighted by Crippen LogP contribution is -2.26. The van der Waals surface area contributed by atoms with Crippen LogP contribution in [0.2, 0.25) is 5.02 Å². The van der Waals surface area contributed by atoms with Crippen molar-refractivity contribution in [2.75, 3.05) is 23.3 Å². The molecule has 2 aromatic heterocycles.